The van der Waals surface area contributed by atoms with Gasteiger partial charge in [-0.25, -0.2) is 0 Å². The van der Waals surface area contributed by atoms with Gasteiger partial charge < -0.3 is 29.9 Å². The summed E-state index contributed by atoms with van der Waals surface area (Å²) in [5, 5.41) is 21.4. The summed E-state index contributed by atoms with van der Waals surface area (Å²) < 4.78 is 51.5. The highest BCUT2D eigenvalue weighted by atomic mass is 19.4. The quantitative estimate of drug-likeness (QED) is 0.487. The molecule has 0 saturated heterocycles. The summed E-state index contributed by atoms with van der Waals surface area (Å²) in [4.78, 5) is 27.1. The van der Waals surface area contributed by atoms with Crippen LogP contribution in [0.15, 0.2) is 42.5 Å². The monoisotopic (exact) mass is 532 g/mol. The molecule has 1 saturated carbocycles. The number of β-amino-alcohol motifs (C(OH)–C–C–N with tert-alkyl or cyclic N) is 1. The molecule has 1 unspecified atom stereocenters. The highest BCUT2D eigenvalue weighted by molar-refractivity contribution is 6.06. The Balaban J connectivity index is 1.41. The van der Waals surface area contributed by atoms with E-state index in [4.69, 9.17) is 9.47 Å². The Morgan fingerprint density at radius 3 is 2.58 bits per heavy atom. The van der Waals surface area contributed by atoms with Crippen molar-refractivity contribution in [3.05, 3.63) is 53.6 Å². The molecule has 2 heterocycles. The van der Waals surface area contributed by atoms with Crippen LogP contribution in [0.3, 0.4) is 0 Å². The molecular weight excluding hydrogens is 505 g/mol. The number of hydrogen-bond acceptors (Lipinski definition) is 6. The zero-order chi connectivity index (χ0) is 27.1. The molecule has 202 valence electrons. The van der Waals surface area contributed by atoms with E-state index in [2.05, 4.69) is 5.32 Å². The van der Waals surface area contributed by atoms with Crippen LogP contribution in [-0.2, 0) is 15.8 Å². The van der Waals surface area contributed by atoms with Crippen molar-refractivity contribution in [2.75, 3.05) is 30.0 Å². The number of alkyl halides is 3. The zero-order valence-electron chi connectivity index (χ0n) is 20.4. The first kappa shape index (κ1) is 26.1. The van der Waals surface area contributed by atoms with Gasteiger partial charge in [-0.1, -0.05) is 6.07 Å². The lowest BCUT2D eigenvalue weighted by Gasteiger charge is -2.46. The van der Waals surface area contributed by atoms with Gasteiger partial charge in [0.2, 0.25) is 5.91 Å². The fourth-order valence-corrected chi connectivity index (χ4v) is 5.11. The number of ether oxygens (including phenoxy) is 2. The van der Waals surface area contributed by atoms with E-state index >= 15 is 0 Å². The summed E-state index contributed by atoms with van der Waals surface area (Å²) in [6.07, 6.45) is -1.23. The van der Waals surface area contributed by atoms with Gasteiger partial charge in [0.1, 0.15) is 17.1 Å². The van der Waals surface area contributed by atoms with E-state index in [0.29, 0.717) is 47.5 Å². The van der Waals surface area contributed by atoms with Gasteiger partial charge in [0, 0.05) is 43.3 Å². The topological polar surface area (TPSA) is 108 Å². The van der Waals surface area contributed by atoms with Gasteiger partial charge in [-0.2, -0.15) is 13.2 Å². The second-order valence-electron chi connectivity index (χ2n) is 9.70. The number of rotatable bonds is 6. The normalized spacial score (nSPS) is 20.8. The Labute approximate surface area is 216 Å². The number of anilines is 2. The van der Waals surface area contributed by atoms with Crippen LogP contribution < -0.4 is 19.7 Å². The van der Waals surface area contributed by atoms with E-state index < -0.39 is 35.3 Å². The van der Waals surface area contributed by atoms with Crippen LogP contribution in [0.5, 0.6) is 11.5 Å². The predicted molar refractivity (Wildman–Crippen MR) is 132 cm³/mol. The molecule has 2 aliphatic heterocycles. The van der Waals surface area contributed by atoms with Crippen molar-refractivity contribution < 1.29 is 42.4 Å². The van der Waals surface area contributed by atoms with Crippen molar-refractivity contribution in [1.29, 1.82) is 0 Å². The molecule has 2 aromatic rings. The Morgan fingerprint density at radius 2 is 1.92 bits per heavy atom. The van der Waals surface area contributed by atoms with Crippen LogP contribution >= 0.6 is 0 Å². The van der Waals surface area contributed by atoms with E-state index in [-0.39, 0.29) is 31.9 Å². The number of carbonyl (C=O) groups is 2. The molecule has 5 rings (SSSR count). The standard InChI is InChI=1S/C27H27F3N2O6/c28-27(29,30)17-2-4-19-16(15-26(7-1-8-26)38-23(19)13-17)12-24(35)31-18-3-5-21-20(14-18)32(9-11-34)25(36)22(37-21)6-10-33/h2-5,12-14,22,33-34H,1,6-11,15H2,(H,31,35)/b16-12+. The molecule has 1 fully saturated rings. The summed E-state index contributed by atoms with van der Waals surface area (Å²) in [6, 6.07) is 8.04. The summed E-state index contributed by atoms with van der Waals surface area (Å²) >= 11 is 0. The summed E-state index contributed by atoms with van der Waals surface area (Å²) in [6.45, 7) is -0.523. The zero-order valence-corrected chi connectivity index (χ0v) is 20.4. The average molecular weight is 533 g/mol. The van der Waals surface area contributed by atoms with Crippen molar-refractivity contribution in [1.82, 2.24) is 0 Å². The van der Waals surface area contributed by atoms with Crippen LogP contribution in [-0.4, -0.2) is 53.5 Å². The summed E-state index contributed by atoms with van der Waals surface area (Å²) in [5.41, 5.74) is 0.345. The van der Waals surface area contributed by atoms with E-state index in [1.807, 2.05) is 0 Å². The van der Waals surface area contributed by atoms with Gasteiger partial charge in [-0.05, 0) is 55.2 Å². The molecule has 1 aliphatic carbocycles. The lowest BCUT2D eigenvalue weighted by Crippen LogP contribution is -2.47. The molecule has 11 heteroatoms. The number of carbonyl (C=O) groups excluding carboxylic acids is 2. The van der Waals surface area contributed by atoms with E-state index in [9.17, 15) is 33.0 Å². The molecule has 0 radical (unpaired) electrons. The minimum atomic E-state index is -4.51. The minimum Gasteiger partial charge on any atom is -0.486 e. The average Bonchev–Trinajstić information content (AvgIpc) is 2.85. The summed E-state index contributed by atoms with van der Waals surface area (Å²) in [7, 11) is 0. The van der Waals surface area contributed by atoms with Gasteiger partial charge in [-0.15, -0.1) is 0 Å². The third kappa shape index (κ3) is 4.95. The maximum Gasteiger partial charge on any atom is 0.416 e. The van der Waals surface area contributed by atoms with Crippen molar-refractivity contribution >= 4 is 28.8 Å². The molecule has 1 atom stereocenters. The fourth-order valence-electron chi connectivity index (χ4n) is 5.11. The van der Waals surface area contributed by atoms with Crippen LogP contribution in [0.4, 0.5) is 24.5 Å². The molecule has 3 aliphatic rings. The molecule has 8 nitrogen and oxygen atoms in total. The number of fused-ring (bicyclic) bond motifs is 2. The molecule has 2 aromatic carbocycles. The van der Waals surface area contributed by atoms with Gasteiger partial charge in [0.05, 0.1) is 17.9 Å². The van der Waals surface area contributed by atoms with Crippen LogP contribution in [0.1, 0.15) is 43.2 Å². The van der Waals surface area contributed by atoms with Crippen LogP contribution in [0.2, 0.25) is 0 Å². The molecule has 3 N–H and O–H groups in total. The smallest absolute Gasteiger partial charge is 0.416 e. The Hall–Kier alpha value is -3.57. The molecule has 1 spiro atoms. The predicted octanol–water partition coefficient (Wildman–Crippen LogP) is 3.90. The van der Waals surface area contributed by atoms with E-state index in [1.165, 1.54) is 17.0 Å². The largest absolute Gasteiger partial charge is 0.486 e. The molecule has 38 heavy (non-hydrogen) atoms. The molecule has 0 aromatic heterocycles. The van der Waals surface area contributed by atoms with Crippen LogP contribution in [0.25, 0.3) is 5.57 Å². The first-order chi connectivity index (χ1) is 18.1. The summed E-state index contributed by atoms with van der Waals surface area (Å²) in [5.74, 6) is -0.406. The van der Waals surface area contributed by atoms with Crippen molar-refractivity contribution in [3.8, 4) is 11.5 Å². The van der Waals surface area contributed by atoms with Crippen molar-refractivity contribution in [3.63, 3.8) is 0 Å². The SMILES string of the molecule is O=C(/C=C1\CC2(CCC2)Oc2cc(C(F)(F)F)ccc21)Nc1ccc2c(c1)N(CCO)C(=O)C(CCO)O2. The maximum absolute atomic E-state index is 13.3. The number of nitrogens with zero attached hydrogens (tertiary/aromatic N) is 1. The number of amides is 2. The third-order valence-corrected chi connectivity index (χ3v) is 7.11. The highest BCUT2D eigenvalue weighted by Gasteiger charge is 2.44. The number of nitrogens with one attached hydrogen (secondary N) is 1. The van der Waals surface area contributed by atoms with E-state index in [0.717, 1.165) is 18.6 Å². The Morgan fingerprint density at radius 1 is 1.13 bits per heavy atom. The fraction of sp³-hybridized carbons (Fsp3) is 0.407. The lowest BCUT2D eigenvalue weighted by atomic mass is 9.72. The molecular formula is C27H27F3N2O6. The second-order valence-corrected chi connectivity index (χ2v) is 9.70. The molecule has 2 amide bonds. The minimum absolute atomic E-state index is 0.0113. The van der Waals surface area contributed by atoms with Gasteiger partial charge in [-0.3, -0.25) is 9.59 Å². The lowest BCUT2D eigenvalue weighted by molar-refractivity contribution is -0.138. The Bertz CT molecular complexity index is 1290. The highest BCUT2D eigenvalue weighted by Crippen LogP contribution is 2.50. The number of aliphatic hydroxyl groups excluding tert-OH is 2. The maximum atomic E-state index is 13.3. The van der Waals surface area contributed by atoms with Crippen molar-refractivity contribution in [2.24, 2.45) is 0 Å². The number of aliphatic hydroxyl groups is 2. The second kappa shape index (κ2) is 9.95. The van der Waals surface area contributed by atoms with Gasteiger partial charge >= 0.3 is 6.18 Å². The first-order valence-corrected chi connectivity index (χ1v) is 12.4. The van der Waals surface area contributed by atoms with Gasteiger partial charge in [0.15, 0.2) is 6.10 Å². The van der Waals surface area contributed by atoms with Crippen LogP contribution in [0, 0.1) is 0 Å². The molecule has 0 bridgehead atoms. The van der Waals surface area contributed by atoms with E-state index in [1.54, 1.807) is 18.2 Å². The van der Waals surface area contributed by atoms with Crippen molar-refractivity contribution in [2.45, 2.75) is 50.0 Å². The Kier molecular flexibility index (Phi) is 6.83. The third-order valence-electron chi connectivity index (χ3n) is 7.11. The number of hydrogen-bond donors (Lipinski definition) is 3. The number of halogens is 3. The van der Waals surface area contributed by atoms with Gasteiger partial charge in [0.25, 0.3) is 5.91 Å². The number of benzene rings is 2. The first-order valence-electron chi connectivity index (χ1n) is 12.4.